The van der Waals surface area contributed by atoms with Gasteiger partial charge in [0.1, 0.15) is 0 Å². The fourth-order valence-corrected chi connectivity index (χ4v) is 1.78. The van der Waals surface area contributed by atoms with Gasteiger partial charge in [0.25, 0.3) is 0 Å². The first-order valence-electron chi connectivity index (χ1n) is 5.22. The van der Waals surface area contributed by atoms with E-state index in [1.807, 2.05) is 0 Å². The van der Waals surface area contributed by atoms with Crippen LogP contribution in [0.15, 0.2) is 36.5 Å². The Hall–Kier alpha value is -1.24. The minimum absolute atomic E-state index is 0.211. The molecule has 0 unspecified atom stereocenters. The van der Waals surface area contributed by atoms with Crippen LogP contribution in [0.1, 0.15) is 27.2 Å². The maximum Gasteiger partial charge on any atom is 0.0485 e. The van der Waals surface area contributed by atoms with Crippen LogP contribution >= 0.6 is 0 Å². The SMILES string of the molecule is CCC(C)(C)n1ccc2ccccc21. The van der Waals surface area contributed by atoms with Crippen molar-refractivity contribution in [3.63, 3.8) is 0 Å². The molecule has 0 atom stereocenters. The summed E-state index contributed by atoms with van der Waals surface area (Å²) in [5.74, 6) is 0. The second-order valence-corrected chi connectivity index (χ2v) is 4.41. The zero-order valence-electron chi connectivity index (χ0n) is 9.12. The van der Waals surface area contributed by atoms with Crippen LogP contribution in [0.3, 0.4) is 0 Å². The minimum atomic E-state index is 0.211. The number of para-hydroxylation sites is 1. The van der Waals surface area contributed by atoms with Crippen LogP contribution < -0.4 is 0 Å². The van der Waals surface area contributed by atoms with Gasteiger partial charge in [-0.3, -0.25) is 0 Å². The Labute approximate surface area is 85.4 Å². The lowest BCUT2D eigenvalue weighted by atomic mass is 10.0. The van der Waals surface area contributed by atoms with E-state index in [9.17, 15) is 0 Å². The van der Waals surface area contributed by atoms with Crippen molar-refractivity contribution >= 4 is 10.9 Å². The predicted molar refractivity (Wildman–Crippen MR) is 61.6 cm³/mol. The first-order valence-corrected chi connectivity index (χ1v) is 5.22. The van der Waals surface area contributed by atoms with Crippen LogP contribution in [-0.4, -0.2) is 4.57 Å². The Bertz CT molecular complexity index is 437. The van der Waals surface area contributed by atoms with Crippen molar-refractivity contribution in [3.05, 3.63) is 36.5 Å². The highest BCUT2D eigenvalue weighted by atomic mass is 15.0. The summed E-state index contributed by atoms with van der Waals surface area (Å²) in [6, 6.07) is 10.7. The van der Waals surface area contributed by atoms with E-state index in [0.717, 1.165) is 6.42 Å². The van der Waals surface area contributed by atoms with Crippen LogP contribution in [0.2, 0.25) is 0 Å². The topological polar surface area (TPSA) is 4.93 Å². The minimum Gasteiger partial charge on any atom is -0.342 e. The van der Waals surface area contributed by atoms with Crippen LogP contribution in [0.5, 0.6) is 0 Å². The molecule has 14 heavy (non-hydrogen) atoms. The molecule has 0 aliphatic carbocycles. The fourth-order valence-electron chi connectivity index (χ4n) is 1.78. The third-order valence-electron chi connectivity index (χ3n) is 3.12. The summed E-state index contributed by atoms with van der Waals surface area (Å²) in [4.78, 5) is 0. The Morgan fingerprint density at radius 3 is 2.57 bits per heavy atom. The third-order valence-corrected chi connectivity index (χ3v) is 3.12. The highest BCUT2D eigenvalue weighted by Gasteiger charge is 2.18. The second-order valence-electron chi connectivity index (χ2n) is 4.41. The lowest BCUT2D eigenvalue weighted by Crippen LogP contribution is -2.23. The Morgan fingerprint density at radius 2 is 1.86 bits per heavy atom. The number of fused-ring (bicyclic) bond motifs is 1. The van der Waals surface area contributed by atoms with Gasteiger partial charge < -0.3 is 4.57 Å². The van der Waals surface area contributed by atoms with E-state index in [1.165, 1.54) is 10.9 Å². The third kappa shape index (κ3) is 1.33. The first kappa shape index (κ1) is 9.32. The number of rotatable bonds is 2. The number of aromatic nitrogens is 1. The van der Waals surface area contributed by atoms with Gasteiger partial charge in [0.05, 0.1) is 0 Å². The highest BCUT2D eigenvalue weighted by molar-refractivity contribution is 5.80. The number of hydrogen-bond donors (Lipinski definition) is 0. The number of benzene rings is 1. The lowest BCUT2D eigenvalue weighted by molar-refractivity contribution is 0.354. The lowest BCUT2D eigenvalue weighted by Gasteiger charge is -2.26. The maximum atomic E-state index is 2.36. The molecule has 0 aliphatic rings. The van der Waals surface area contributed by atoms with Crippen molar-refractivity contribution in [2.75, 3.05) is 0 Å². The molecule has 0 aliphatic heterocycles. The van der Waals surface area contributed by atoms with Gasteiger partial charge in [0, 0.05) is 17.3 Å². The predicted octanol–water partition coefficient (Wildman–Crippen LogP) is 3.79. The molecular formula is C13H17N. The molecule has 1 nitrogen and oxygen atoms in total. The molecule has 1 heterocycles. The van der Waals surface area contributed by atoms with E-state index < -0.39 is 0 Å². The largest absolute Gasteiger partial charge is 0.342 e. The van der Waals surface area contributed by atoms with E-state index in [1.54, 1.807) is 0 Å². The van der Waals surface area contributed by atoms with Gasteiger partial charge in [0.2, 0.25) is 0 Å². The summed E-state index contributed by atoms with van der Waals surface area (Å²) < 4.78 is 2.36. The summed E-state index contributed by atoms with van der Waals surface area (Å²) in [7, 11) is 0. The van der Waals surface area contributed by atoms with Crippen molar-refractivity contribution in [2.45, 2.75) is 32.7 Å². The maximum absolute atomic E-state index is 2.36. The van der Waals surface area contributed by atoms with E-state index in [-0.39, 0.29) is 5.54 Å². The molecule has 0 saturated carbocycles. The van der Waals surface area contributed by atoms with Crippen molar-refractivity contribution in [1.29, 1.82) is 0 Å². The Kier molecular flexibility index (Phi) is 2.10. The standard InChI is InChI=1S/C13H17N/c1-4-13(2,3)14-10-9-11-7-5-6-8-12(11)14/h5-10H,4H2,1-3H3. The Balaban J connectivity index is 2.64. The molecule has 1 aromatic heterocycles. The van der Waals surface area contributed by atoms with Crippen molar-refractivity contribution < 1.29 is 0 Å². The normalized spacial score (nSPS) is 12.2. The molecule has 0 bridgehead atoms. The monoisotopic (exact) mass is 187 g/mol. The number of hydrogen-bond acceptors (Lipinski definition) is 0. The average Bonchev–Trinajstić information content (AvgIpc) is 2.61. The summed E-state index contributed by atoms with van der Waals surface area (Å²) in [5.41, 5.74) is 1.54. The van der Waals surface area contributed by atoms with Crippen LogP contribution in [-0.2, 0) is 5.54 Å². The van der Waals surface area contributed by atoms with Gasteiger partial charge in [-0.2, -0.15) is 0 Å². The molecule has 0 spiro atoms. The fraction of sp³-hybridized carbons (Fsp3) is 0.385. The molecule has 0 saturated heterocycles. The van der Waals surface area contributed by atoms with Gasteiger partial charge in [-0.05, 0) is 37.8 Å². The molecule has 1 aromatic carbocycles. The van der Waals surface area contributed by atoms with E-state index in [2.05, 4.69) is 61.9 Å². The quantitative estimate of drug-likeness (QED) is 0.674. The summed E-state index contributed by atoms with van der Waals surface area (Å²) in [6.45, 7) is 6.79. The number of nitrogens with zero attached hydrogens (tertiary/aromatic N) is 1. The van der Waals surface area contributed by atoms with E-state index in [4.69, 9.17) is 0 Å². The van der Waals surface area contributed by atoms with Crippen LogP contribution in [0.25, 0.3) is 10.9 Å². The molecular weight excluding hydrogens is 170 g/mol. The van der Waals surface area contributed by atoms with Crippen molar-refractivity contribution in [3.8, 4) is 0 Å². The molecule has 0 radical (unpaired) electrons. The van der Waals surface area contributed by atoms with Gasteiger partial charge in [-0.1, -0.05) is 25.1 Å². The molecule has 2 rings (SSSR count). The smallest absolute Gasteiger partial charge is 0.0485 e. The molecule has 0 amide bonds. The summed E-state index contributed by atoms with van der Waals surface area (Å²) in [6.07, 6.45) is 3.33. The molecule has 0 fully saturated rings. The first-order chi connectivity index (χ1) is 6.65. The summed E-state index contributed by atoms with van der Waals surface area (Å²) >= 11 is 0. The van der Waals surface area contributed by atoms with Crippen molar-refractivity contribution in [1.82, 2.24) is 4.57 Å². The molecule has 74 valence electrons. The van der Waals surface area contributed by atoms with E-state index >= 15 is 0 Å². The van der Waals surface area contributed by atoms with Crippen LogP contribution in [0.4, 0.5) is 0 Å². The van der Waals surface area contributed by atoms with Gasteiger partial charge in [-0.25, -0.2) is 0 Å². The van der Waals surface area contributed by atoms with Crippen molar-refractivity contribution in [2.24, 2.45) is 0 Å². The van der Waals surface area contributed by atoms with Gasteiger partial charge >= 0.3 is 0 Å². The zero-order valence-corrected chi connectivity index (χ0v) is 9.12. The average molecular weight is 187 g/mol. The summed E-state index contributed by atoms with van der Waals surface area (Å²) in [5, 5.41) is 1.33. The van der Waals surface area contributed by atoms with Crippen LogP contribution in [0, 0.1) is 0 Å². The highest BCUT2D eigenvalue weighted by Crippen LogP contribution is 2.26. The second kappa shape index (κ2) is 3.16. The molecule has 2 aromatic rings. The van der Waals surface area contributed by atoms with Gasteiger partial charge in [-0.15, -0.1) is 0 Å². The Morgan fingerprint density at radius 1 is 1.14 bits per heavy atom. The molecule has 0 N–H and O–H groups in total. The zero-order chi connectivity index (χ0) is 10.2. The van der Waals surface area contributed by atoms with E-state index in [0.29, 0.717) is 0 Å². The van der Waals surface area contributed by atoms with Gasteiger partial charge in [0.15, 0.2) is 0 Å². The molecule has 1 heteroatoms.